The Morgan fingerprint density at radius 1 is 1.20 bits per heavy atom. The minimum absolute atomic E-state index is 0.0340. The Hall–Kier alpha value is -2.56. The molecule has 3 saturated heterocycles. The number of esters is 1. The number of hydrogen-bond donors (Lipinski definition) is 2. The number of aliphatic hydroxyl groups is 2. The van der Waals surface area contributed by atoms with Crippen LogP contribution in [0.1, 0.15) is 80.6 Å². The van der Waals surface area contributed by atoms with Crippen molar-refractivity contribution in [1.29, 1.82) is 0 Å². The van der Waals surface area contributed by atoms with Crippen molar-refractivity contribution in [3.63, 3.8) is 0 Å². The van der Waals surface area contributed by atoms with E-state index in [1.807, 2.05) is 12.2 Å². The van der Waals surface area contributed by atoms with E-state index in [0.717, 1.165) is 17.7 Å². The maximum atomic E-state index is 14.2. The molecule has 0 unspecified atom stereocenters. The van der Waals surface area contributed by atoms with E-state index in [-0.39, 0.29) is 30.7 Å². The first-order valence-electron chi connectivity index (χ1n) is 16.8. The molecule has 0 aromatic rings. The van der Waals surface area contributed by atoms with E-state index in [1.165, 1.54) is 5.57 Å². The smallest absolute Gasteiger partial charge is 0.316 e. The van der Waals surface area contributed by atoms with E-state index in [4.69, 9.17) is 23.8 Å². The summed E-state index contributed by atoms with van der Waals surface area (Å²) in [6.07, 6.45) is 11.4. The van der Waals surface area contributed by atoms with Gasteiger partial charge in [-0.3, -0.25) is 4.79 Å². The van der Waals surface area contributed by atoms with Crippen LogP contribution in [-0.2, 0) is 28.6 Å². The lowest BCUT2D eigenvalue weighted by Gasteiger charge is -2.50. The van der Waals surface area contributed by atoms with E-state index in [1.54, 1.807) is 20.1 Å². The Kier molecular flexibility index (Phi) is 10.5. The molecule has 1 spiro atoms. The van der Waals surface area contributed by atoms with Gasteiger partial charge in [-0.2, -0.15) is 0 Å². The van der Waals surface area contributed by atoms with Gasteiger partial charge in [0.1, 0.15) is 36.9 Å². The number of carbonyl (C=O) groups is 1. The Morgan fingerprint density at radius 3 is 2.67 bits per heavy atom. The van der Waals surface area contributed by atoms with E-state index < -0.39 is 41.6 Å². The van der Waals surface area contributed by atoms with Crippen LogP contribution in [0.3, 0.4) is 0 Å². The third kappa shape index (κ3) is 6.99. The van der Waals surface area contributed by atoms with E-state index in [0.29, 0.717) is 42.7 Å². The third-order valence-corrected chi connectivity index (χ3v) is 10.1. The van der Waals surface area contributed by atoms with Crippen LogP contribution in [0.2, 0.25) is 0 Å². The topological polar surface area (TPSA) is 116 Å². The molecule has 0 saturated carbocycles. The van der Waals surface area contributed by atoms with Crippen molar-refractivity contribution in [2.24, 2.45) is 28.8 Å². The second-order valence-electron chi connectivity index (χ2n) is 14.5. The lowest BCUT2D eigenvalue weighted by molar-refractivity contribution is -0.313. The molecule has 2 N–H and O–H groups in total. The lowest BCUT2D eigenvalue weighted by Crippen LogP contribution is -2.59. The van der Waals surface area contributed by atoms with Crippen LogP contribution in [0.4, 0.5) is 0 Å². The number of carbonyl (C=O) groups excluding carboxylic acids is 1. The van der Waals surface area contributed by atoms with Crippen molar-refractivity contribution in [2.45, 2.75) is 122 Å². The van der Waals surface area contributed by atoms with Crippen molar-refractivity contribution in [3.8, 4) is 0 Å². The molecular formula is C37H53NO8. The molecule has 46 heavy (non-hydrogen) atoms. The SMILES string of the molecule is CO/N=C1\C[C@]2(C[C@@H]3C[C@H](C/C=C(/C)C[C@@H](C)/C=C\C=C4\CO[C@@H]5[C@@H](O)C(C)=C[C@@H](C(=O)O3)[C@]45O)O2)O[C@@H](/C(C)=C/C(C)C)[C@H]1C. The summed E-state index contributed by atoms with van der Waals surface area (Å²) >= 11 is 0. The standard InChI is InChI=1S/C37H53NO8/c1-21(2)14-25(6)33-26(7)31(38-42-8)19-36(46-33)18-29-17-28(45-36)13-12-23(4)15-22(3)10-9-11-27-20-43-34-32(39)24(5)16-30(35(40)44-29)37(27,34)41/h9-12,14,16,21-22,26,28-30,32-34,39,41H,13,15,17-20H2,1-8H3/b10-9-,23-12-,25-14+,27-11-,38-31+/t22-,26-,28-,29-,30-,32-,33-,34+,36-,37+/m0/s1. The molecule has 5 rings (SSSR count). The second kappa shape index (κ2) is 13.9. The fourth-order valence-corrected chi connectivity index (χ4v) is 7.94. The average Bonchev–Trinajstić information content (AvgIpc) is 3.31. The monoisotopic (exact) mass is 639 g/mol. The molecule has 1 aliphatic carbocycles. The predicted molar refractivity (Wildman–Crippen MR) is 176 cm³/mol. The number of oxime groups is 1. The number of ether oxygens (including phenoxy) is 4. The zero-order chi connectivity index (χ0) is 33.4. The number of rotatable bonds is 3. The van der Waals surface area contributed by atoms with Crippen LogP contribution >= 0.6 is 0 Å². The van der Waals surface area contributed by atoms with Crippen molar-refractivity contribution < 1.29 is 38.8 Å². The normalized spacial score (nSPS) is 44.5. The molecule has 4 aliphatic heterocycles. The molecular weight excluding hydrogens is 586 g/mol. The van der Waals surface area contributed by atoms with Gasteiger partial charge in [0.25, 0.3) is 0 Å². The Balaban J connectivity index is 1.55. The maximum absolute atomic E-state index is 14.2. The number of aliphatic hydroxyl groups excluding tert-OH is 1. The van der Waals surface area contributed by atoms with E-state index >= 15 is 0 Å². The summed E-state index contributed by atoms with van der Waals surface area (Å²) in [5.74, 6) is -2.15. The van der Waals surface area contributed by atoms with Crippen LogP contribution in [0.25, 0.3) is 0 Å². The molecule has 0 radical (unpaired) electrons. The fraction of sp³-hybridized carbons (Fsp3) is 0.676. The van der Waals surface area contributed by atoms with Gasteiger partial charge in [0.2, 0.25) is 0 Å². The van der Waals surface area contributed by atoms with Crippen LogP contribution in [0.15, 0.2) is 63.9 Å². The Morgan fingerprint density at radius 2 is 1.96 bits per heavy atom. The first kappa shape index (κ1) is 34.8. The van der Waals surface area contributed by atoms with Gasteiger partial charge in [0.05, 0.1) is 24.5 Å². The number of fused-ring (bicyclic) bond motifs is 2. The van der Waals surface area contributed by atoms with Crippen LogP contribution in [-0.4, -0.2) is 77.5 Å². The van der Waals surface area contributed by atoms with Gasteiger partial charge < -0.3 is 34.0 Å². The predicted octanol–water partition coefficient (Wildman–Crippen LogP) is 5.73. The van der Waals surface area contributed by atoms with Gasteiger partial charge in [0.15, 0.2) is 5.79 Å². The summed E-state index contributed by atoms with van der Waals surface area (Å²) < 4.78 is 26.0. The molecule has 9 heteroatoms. The van der Waals surface area contributed by atoms with E-state index in [9.17, 15) is 15.0 Å². The van der Waals surface area contributed by atoms with E-state index in [2.05, 4.69) is 64.9 Å². The zero-order valence-corrected chi connectivity index (χ0v) is 28.7. The second-order valence-corrected chi connectivity index (χ2v) is 14.5. The first-order chi connectivity index (χ1) is 21.8. The quantitative estimate of drug-likeness (QED) is 0.229. The number of hydrogen-bond acceptors (Lipinski definition) is 9. The van der Waals surface area contributed by atoms with Gasteiger partial charge in [-0.1, -0.05) is 74.9 Å². The summed E-state index contributed by atoms with van der Waals surface area (Å²) in [7, 11) is 1.55. The Labute approximate surface area is 274 Å². The molecule has 3 fully saturated rings. The molecule has 0 aromatic carbocycles. The van der Waals surface area contributed by atoms with Gasteiger partial charge in [-0.25, -0.2) is 0 Å². The summed E-state index contributed by atoms with van der Waals surface area (Å²) in [6.45, 7) is 14.6. The Bertz CT molecular complexity index is 1340. The largest absolute Gasteiger partial charge is 0.462 e. The summed E-state index contributed by atoms with van der Waals surface area (Å²) in [5, 5.41) is 27.6. The number of nitrogens with zero attached hydrogens (tertiary/aromatic N) is 1. The highest BCUT2D eigenvalue weighted by molar-refractivity contribution is 5.88. The molecule has 4 heterocycles. The van der Waals surface area contributed by atoms with Crippen molar-refractivity contribution >= 4 is 11.7 Å². The zero-order valence-electron chi connectivity index (χ0n) is 28.7. The highest BCUT2D eigenvalue weighted by atomic mass is 16.7. The lowest BCUT2D eigenvalue weighted by atomic mass is 9.71. The van der Waals surface area contributed by atoms with Gasteiger partial charge in [-0.15, -0.1) is 0 Å². The van der Waals surface area contributed by atoms with Gasteiger partial charge >= 0.3 is 5.97 Å². The highest BCUT2D eigenvalue weighted by Crippen LogP contribution is 2.47. The minimum atomic E-state index is -1.74. The van der Waals surface area contributed by atoms with Crippen molar-refractivity contribution in [2.75, 3.05) is 13.7 Å². The number of allylic oxidation sites excluding steroid dienone is 5. The van der Waals surface area contributed by atoms with Crippen LogP contribution < -0.4 is 0 Å². The van der Waals surface area contributed by atoms with Crippen molar-refractivity contribution in [3.05, 3.63) is 58.7 Å². The molecule has 5 aliphatic rings. The van der Waals surface area contributed by atoms with Gasteiger partial charge in [0, 0.05) is 25.2 Å². The summed E-state index contributed by atoms with van der Waals surface area (Å²) in [4.78, 5) is 19.4. The van der Waals surface area contributed by atoms with Crippen molar-refractivity contribution in [1.82, 2.24) is 0 Å². The van der Waals surface area contributed by atoms with Crippen LogP contribution in [0.5, 0.6) is 0 Å². The molecule has 2 bridgehead atoms. The molecule has 10 atom stereocenters. The van der Waals surface area contributed by atoms with Crippen LogP contribution in [0, 0.1) is 23.7 Å². The maximum Gasteiger partial charge on any atom is 0.316 e. The molecule has 0 amide bonds. The third-order valence-electron chi connectivity index (χ3n) is 10.1. The molecule has 9 nitrogen and oxygen atoms in total. The first-order valence-corrected chi connectivity index (χ1v) is 16.8. The highest BCUT2D eigenvalue weighted by Gasteiger charge is 2.60. The molecule has 254 valence electrons. The van der Waals surface area contributed by atoms with Gasteiger partial charge in [-0.05, 0) is 62.2 Å². The summed E-state index contributed by atoms with van der Waals surface area (Å²) in [6, 6.07) is 0. The molecule has 0 aromatic heterocycles. The average molecular weight is 640 g/mol. The summed E-state index contributed by atoms with van der Waals surface area (Å²) in [5.41, 5.74) is 2.54. The minimum Gasteiger partial charge on any atom is -0.462 e. The fourth-order valence-electron chi connectivity index (χ4n) is 7.94.